The Morgan fingerprint density at radius 3 is 2.52 bits per heavy atom. The van der Waals surface area contributed by atoms with E-state index < -0.39 is 5.97 Å². The summed E-state index contributed by atoms with van der Waals surface area (Å²) in [5.41, 5.74) is 6.91. The maximum absolute atomic E-state index is 12.0. The van der Waals surface area contributed by atoms with E-state index in [4.69, 9.17) is 10.8 Å². The van der Waals surface area contributed by atoms with E-state index >= 15 is 0 Å². The predicted molar refractivity (Wildman–Crippen MR) is 83.5 cm³/mol. The van der Waals surface area contributed by atoms with E-state index in [-0.39, 0.29) is 16.9 Å². The molecule has 5 nitrogen and oxygen atoms in total. The first-order chi connectivity index (χ1) is 9.76. The van der Waals surface area contributed by atoms with Crippen LogP contribution in [0, 0.1) is 12.3 Å². The summed E-state index contributed by atoms with van der Waals surface area (Å²) in [6.45, 7) is 6.47. The van der Waals surface area contributed by atoms with Gasteiger partial charge in [0.15, 0.2) is 0 Å². The number of carbonyl (C=O) groups is 2. The van der Waals surface area contributed by atoms with Gasteiger partial charge in [0.1, 0.15) is 0 Å². The number of anilines is 1. The highest BCUT2D eigenvalue weighted by Gasteiger charge is 2.19. The molecule has 0 atom stereocenters. The molecule has 4 N–H and O–H groups in total. The van der Waals surface area contributed by atoms with Crippen molar-refractivity contribution >= 4 is 17.6 Å². The SMILES string of the molecule is Cc1c(NC(=O)CCC(C)(C)CCN)cccc1C(=O)O. The molecule has 1 amide bonds. The minimum Gasteiger partial charge on any atom is -0.478 e. The molecule has 0 spiro atoms. The Morgan fingerprint density at radius 1 is 1.29 bits per heavy atom. The van der Waals surface area contributed by atoms with Crippen LogP contribution in [0.1, 0.15) is 49.0 Å². The normalized spacial score (nSPS) is 11.2. The van der Waals surface area contributed by atoms with E-state index in [0.717, 1.165) is 12.8 Å². The van der Waals surface area contributed by atoms with Crippen LogP contribution in [0.3, 0.4) is 0 Å². The minimum absolute atomic E-state index is 0.0318. The van der Waals surface area contributed by atoms with E-state index in [2.05, 4.69) is 19.2 Å². The Hall–Kier alpha value is -1.88. The average Bonchev–Trinajstić information content (AvgIpc) is 2.38. The van der Waals surface area contributed by atoms with Crippen molar-refractivity contribution in [3.8, 4) is 0 Å². The fourth-order valence-corrected chi connectivity index (χ4v) is 2.18. The summed E-state index contributed by atoms with van der Waals surface area (Å²) >= 11 is 0. The molecule has 21 heavy (non-hydrogen) atoms. The second-order valence-corrected chi connectivity index (χ2v) is 6.03. The number of nitrogens with one attached hydrogen (secondary N) is 1. The average molecular weight is 292 g/mol. The standard InChI is InChI=1S/C16H24N2O3/c1-11-12(15(20)21)5-4-6-13(11)18-14(19)7-8-16(2,3)9-10-17/h4-6H,7-10,17H2,1-3H3,(H,18,19)(H,20,21). The molecular weight excluding hydrogens is 268 g/mol. The molecule has 0 aromatic heterocycles. The maximum atomic E-state index is 12.0. The van der Waals surface area contributed by atoms with Gasteiger partial charge in [-0.05, 0) is 49.4 Å². The van der Waals surface area contributed by atoms with Gasteiger partial charge in [-0.3, -0.25) is 4.79 Å². The molecule has 0 aliphatic heterocycles. The van der Waals surface area contributed by atoms with Crippen LogP contribution < -0.4 is 11.1 Å². The second-order valence-electron chi connectivity index (χ2n) is 6.03. The zero-order valence-electron chi connectivity index (χ0n) is 12.9. The molecular formula is C16H24N2O3. The van der Waals surface area contributed by atoms with Gasteiger partial charge >= 0.3 is 5.97 Å². The molecule has 0 aliphatic carbocycles. The smallest absolute Gasteiger partial charge is 0.336 e. The fourth-order valence-electron chi connectivity index (χ4n) is 2.18. The van der Waals surface area contributed by atoms with Crippen molar-refractivity contribution in [1.29, 1.82) is 0 Å². The first kappa shape index (κ1) is 17.2. The van der Waals surface area contributed by atoms with Crippen molar-refractivity contribution in [2.24, 2.45) is 11.1 Å². The Labute approximate surface area is 125 Å². The van der Waals surface area contributed by atoms with Crippen molar-refractivity contribution in [2.45, 2.75) is 40.0 Å². The van der Waals surface area contributed by atoms with Crippen molar-refractivity contribution in [1.82, 2.24) is 0 Å². The number of benzene rings is 1. The Balaban J connectivity index is 2.68. The summed E-state index contributed by atoms with van der Waals surface area (Å²) in [5, 5.41) is 11.9. The molecule has 0 bridgehead atoms. The summed E-state index contributed by atoms with van der Waals surface area (Å²) in [7, 11) is 0. The van der Waals surface area contributed by atoms with Crippen molar-refractivity contribution in [2.75, 3.05) is 11.9 Å². The summed E-state index contributed by atoms with van der Waals surface area (Å²) in [4.78, 5) is 23.1. The third-order valence-electron chi connectivity index (χ3n) is 3.69. The number of hydrogen-bond donors (Lipinski definition) is 3. The first-order valence-electron chi connectivity index (χ1n) is 7.09. The van der Waals surface area contributed by atoms with Gasteiger partial charge in [0.25, 0.3) is 0 Å². The quantitative estimate of drug-likeness (QED) is 0.720. The fraction of sp³-hybridized carbons (Fsp3) is 0.500. The van der Waals surface area contributed by atoms with Crippen LogP contribution in [0.5, 0.6) is 0 Å². The number of nitrogens with two attached hydrogens (primary N) is 1. The highest BCUT2D eigenvalue weighted by Crippen LogP contribution is 2.26. The topological polar surface area (TPSA) is 92.4 Å². The molecule has 0 aliphatic rings. The lowest BCUT2D eigenvalue weighted by Crippen LogP contribution is -2.21. The first-order valence-corrected chi connectivity index (χ1v) is 7.09. The number of hydrogen-bond acceptors (Lipinski definition) is 3. The van der Waals surface area contributed by atoms with E-state index in [1.165, 1.54) is 6.07 Å². The number of rotatable bonds is 7. The van der Waals surface area contributed by atoms with E-state index in [1.807, 2.05) is 0 Å². The molecule has 0 radical (unpaired) electrons. The lowest BCUT2D eigenvalue weighted by atomic mass is 9.84. The monoisotopic (exact) mass is 292 g/mol. The zero-order chi connectivity index (χ0) is 16.0. The van der Waals surface area contributed by atoms with Crippen molar-refractivity contribution < 1.29 is 14.7 Å². The molecule has 0 saturated carbocycles. The molecule has 0 fully saturated rings. The summed E-state index contributed by atoms with van der Waals surface area (Å²) in [5.74, 6) is -1.10. The zero-order valence-corrected chi connectivity index (χ0v) is 12.9. The van der Waals surface area contributed by atoms with Crippen LogP contribution in [0.4, 0.5) is 5.69 Å². The molecule has 0 saturated heterocycles. The van der Waals surface area contributed by atoms with Gasteiger partial charge in [-0.15, -0.1) is 0 Å². The third kappa shape index (κ3) is 5.19. The highest BCUT2D eigenvalue weighted by molar-refractivity contribution is 5.96. The maximum Gasteiger partial charge on any atom is 0.336 e. The molecule has 0 unspecified atom stereocenters. The minimum atomic E-state index is -0.993. The molecule has 116 valence electrons. The van der Waals surface area contributed by atoms with Crippen molar-refractivity contribution in [3.63, 3.8) is 0 Å². The van der Waals surface area contributed by atoms with Crippen molar-refractivity contribution in [3.05, 3.63) is 29.3 Å². The molecule has 5 heteroatoms. The lowest BCUT2D eigenvalue weighted by Gasteiger charge is -2.23. The Bertz CT molecular complexity index is 524. The summed E-state index contributed by atoms with van der Waals surface area (Å²) < 4.78 is 0. The van der Waals surface area contributed by atoms with Crippen LogP contribution in [-0.4, -0.2) is 23.5 Å². The number of aromatic carboxylic acids is 1. The largest absolute Gasteiger partial charge is 0.478 e. The number of carboxylic acid groups (broad SMARTS) is 1. The number of carbonyl (C=O) groups excluding carboxylic acids is 1. The van der Waals surface area contributed by atoms with Gasteiger partial charge in [-0.25, -0.2) is 4.79 Å². The van der Waals surface area contributed by atoms with Crippen LogP contribution >= 0.6 is 0 Å². The third-order valence-corrected chi connectivity index (χ3v) is 3.69. The van der Waals surface area contributed by atoms with Crippen LogP contribution in [0.2, 0.25) is 0 Å². The summed E-state index contributed by atoms with van der Waals surface area (Å²) in [6.07, 6.45) is 2.01. The van der Waals surface area contributed by atoms with Gasteiger partial charge in [-0.1, -0.05) is 19.9 Å². The van der Waals surface area contributed by atoms with Gasteiger partial charge < -0.3 is 16.2 Å². The lowest BCUT2D eigenvalue weighted by molar-refractivity contribution is -0.116. The van der Waals surface area contributed by atoms with Gasteiger partial charge in [0, 0.05) is 12.1 Å². The van der Waals surface area contributed by atoms with Crippen LogP contribution in [0.15, 0.2) is 18.2 Å². The number of amides is 1. The number of carboxylic acids is 1. The van der Waals surface area contributed by atoms with Crippen LogP contribution in [0.25, 0.3) is 0 Å². The van der Waals surface area contributed by atoms with E-state index in [9.17, 15) is 9.59 Å². The van der Waals surface area contributed by atoms with Gasteiger partial charge in [-0.2, -0.15) is 0 Å². The van der Waals surface area contributed by atoms with Gasteiger partial charge in [0.2, 0.25) is 5.91 Å². The molecule has 1 aromatic rings. The predicted octanol–water partition coefficient (Wildman–Crippen LogP) is 2.79. The molecule has 0 heterocycles. The highest BCUT2D eigenvalue weighted by atomic mass is 16.4. The van der Waals surface area contributed by atoms with E-state index in [1.54, 1.807) is 19.1 Å². The van der Waals surface area contributed by atoms with E-state index in [0.29, 0.717) is 24.2 Å². The summed E-state index contributed by atoms with van der Waals surface area (Å²) in [6, 6.07) is 4.87. The second kappa shape index (κ2) is 7.22. The Morgan fingerprint density at radius 2 is 1.95 bits per heavy atom. The van der Waals surface area contributed by atoms with Gasteiger partial charge in [0.05, 0.1) is 5.56 Å². The molecule has 1 aromatic carbocycles. The Kier molecular flexibility index (Phi) is 5.90. The van der Waals surface area contributed by atoms with Crippen LogP contribution in [-0.2, 0) is 4.79 Å². The molecule has 1 rings (SSSR count).